The van der Waals surface area contributed by atoms with Crippen LogP contribution in [0.25, 0.3) is 11.3 Å². The molecule has 0 atom stereocenters. The summed E-state index contributed by atoms with van der Waals surface area (Å²) in [5, 5.41) is 8.76. The molecule has 10 heteroatoms. The first-order valence-corrected chi connectivity index (χ1v) is 8.17. The van der Waals surface area contributed by atoms with Crippen LogP contribution in [0.1, 0.15) is 17.4 Å². The SMILES string of the molecule is CC(=O)c1cnc2ccc(Cl)nn12.Clc1ccc2ncc(Br)n2n1. The van der Waals surface area contributed by atoms with Crippen molar-refractivity contribution in [3.05, 3.63) is 57.3 Å². The highest BCUT2D eigenvalue weighted by molar-refractivity contribution is 9.10. The number of hydrogen-bond acceptors (Lipinski definition) is 5. The lowest BCUT2D eigenvalue weighted by atomic mass is 10.3. The van der Waals surface area contributed by atoms with Gasteiger partial charge in [0.05, 0.1) is 12.4 Å². The van der Waals surface area contributed by atoms with Gasteiger partial charge < -0.3 is 0 Å². The third-order valence-corrected chi connectivity index (χ3v) is 3.92. The quantitative estimate of drug-likeness (QED) is 0.432. The summed E-state index contributed by atoms with van der Waals surface area (Å²) < 4.78 is 3.86. The predicted molar refractivity (Wildman–Crippen MR) is 93.7 cm³/mol. The van der Waals surface area contributed by atoms with E-state index in [0.717, 1.165) is 10.3 Å². The monoisotopic (exact) mass is 426 g/mol. The number of fused-ring (bicyclic) bond motifs is 2. The number of ketones is 1. The molecular weight excluding hydrogens is 419 g/mol. The Hall–Kier alpha value is -2.03. The van der Waals surface area contributed by atoms with Gasteiger partial charge in [-0.1, -0.05) is 23.2 Å². The Kier molecular flexibility index (Phi) is 4.79. The molecule has 7 nitrogen and oxygen atoms in total. The van der Waals surface area contributed by atoms with Crippen LogP contribution in [0.3, 0.4) is 0 Å². The number of nitrogens with zero attached hydrogens (tertiary/aromatic N) is 6. The van der Waals surface area contributed by atoms with Crippen LogP contribution in [0, 0.1) is 0 Å². The molecule has 0 fully saturated rings. The predicted octanol–water partition coefficient (Wildman–Crippen LogP) is 3.73. The molecular formula is C14H9BrCl2N6O. The third-order valence-electron chi connectivity index (χ3n) is 2.98. The molecule has 4 aromatic rings. The van der Waals surface area contributed by atoms with Crippen molar-refractivity contribution in [1.82, 2.24) is 29.2 Å². The second kappa shape index (κ2) is 6.84. The van der Waals surface area contributed by atoms with Crippen molar-refractivity contribution >= 4 is 56.2 Å². The molecule has 24 heavy (non-hydrogen) atoms. The molecule has 0 amide bonds. The Bertz CT molecular complexity index is 1040. The molecule has 0 unspecified atom stereocenters. The van der Waals surface area contributed by atoms with E-state index in [1.54, 1.807) is 35.0 Å². The summed E-state index contributed by atoms with van der Waals surface area (Å²) in [5.41, 5.74) is 1.84. The standard InChI is InChI=1S/C8H6ClN3O.C6H3BrClN3/c1-5(13)6-4-10-8-3-2-7(9)11-12(6)8;7-4-3-9-6-2-1-5(8)10-11(4)6/h2-4H,1H3;1-3H. The summed E-state index contributed by atoms with van der Waals surface area (Å²) in [5.74, 6) is -0.0812. The highest BCUT2D eigenvalue weighted by Gasteiger charge is 2.08. The Balaban J connectivity index is 0.000000143. The van der Waals surface area contributed by atoms with E-state index in [1.165, 1.54) is 17.6 Å². The van der Waals surface area contributed by atoms with Crippen LogP contribution >= 0.6 is 39.1 Å². The van der Waals surface area contributed by atoms with E-state index in [2.05, 4.69) is 36.1 Å². The van der Waals surface area contributed by atoms with Gasteiger partial charge in [0.15, 0.2) is 17.1 Å². The zero-order valence-corrected chi connectivity index (χ0v) is 15.3. The number of imidazole rings is 2. The molecule has 0 aliphatic carbocycles. The van der Waals surface area contributed by atoms with Gasteiger partial charge >= 0.3 is 0 Å². The van der Waals surface area contributed by atoms with Gasteiger partial charge in [0, 0.05) is 6.92 Å². The van der Waals surface area contributed by atoms with Gasteiger partial charge in [-0.05, 0) is 40.2 Å². The second-order valence-electron chi connectivity index (χ2n) is 4.63. The van der Waals surface area contributed by atoms with Gasteiger partial charge in [0.1, 0.15) is 20.6 Å². The topological polar surface area (TPSA) is 77.5 Å². The van der Waals surface area contributed by atoms with E-state index in [1.807, 2.05) is 0 Å². The molecule has 122 valence electrons. The highest BCUT2D eigenvalue weighted by Crippen LogP contribution is 2.13. The zero-order valence-electron chi connectivity index (χ0n) is 12.2. The zero-order chi connectivity index (χ0) is 17.3. The van der Waals surface area contributed by atoms with Crippen molar-refractivity contribution in [2.75, 3.05) is 0 Å². The molecule has 0 N–H and O–H groups in total. The number of carbonyl (C=O) groups is 1. The van der Waals surface area contributed by atoms with Gasteiger partial charge in [-0.3, -0.25) is 4.79 Å². The summed E-state index contributed by atoms with van der Waals surface area (Å²) >= 11 is 14.6. The Morgan fingerprint density at radius 3 is 2.12 bits per heavy atom. The maximum absolute atomic E-state index is 11.1. The Morgan fingerprint density at radius 2 is 1.50 bits per heavy atom. The molecule has 0 aromatic carbocycles. The highest BCUT2D eigenvalue weighted by atomic mass is 79.9. The van der Waals surface area contributed by atoms with Gasteiger partial charge in [0.2, 0.25) is 0 Å². The minimum absolute atomic E-state index is 0.0812. The van der Waals surface area contributed by atoms with E-state index < -0.39 is 0 Å². The van der Waals surface area contributed by atoms with E-state index in [0.29, 0.717) is 21.6 Å². The normalized spacial score (nSPS) is 10.7. The van der Waals surface area contributed by atoms with Crippen molar-refractivity contribution in [3.63, 3.8) is 0 Å². The largest absolute Gasteiger partial charge is 0.293 e. The number of rotatable bonds is 1. The fourth-order valence-electron chi connectivity index (χ4n) is 1.91. The first kappa shape index (κ1) is 16.8. The van der Waals surface area contributed by atoms with Crippen molar-refractivity contribution < 1.29 is 4.79 Å². The summed E-state index contributed by atoms with van der Waals surface area (Å²) in [6.07, 6.45) is 3.17. The maximum Gasteiger partial charge on any atom is 0.179 e. The fourth-order valence-corrected chi connectivity index (χ4v) is 2.55. The van der Waals surface area contributed by atoms with Gasteiger partial charge in [-0.15, -0.1) is 0 Å². The Labute approximate surface area is 154 Å². The van der Waals surface area contributed by atoms with Crippen LogP contribution in [0.5, 0.6) is 0 Å². The van der Waals surface area contributed by atoms with E-state index in [4.69, 9.17) is 23.2 Å². The lowest BCUT2D eigenvalue weighted by Gasteiger charge is -1.95. The third kappa shape index (κ3) is 3.40. The van der Waals surface area contributed by atoms with Crippen molar-refractivity contribution in [2.24, 2.45) is 0 Å². The summed E-state index contributed by atoms with van der Waals surface area (Å²) in [6.45, 7) is 1.46. The molecule has 4 rings (SSSR count). The first-order chi connectivity index (χ1) is 11.5. The average molecular weight is 428 g/mol. The summed E-state index contributed by atoms with van der Waals surface area (Å²) in [7, 11) is 0. The molecule has 4 heterocycles. The van der Waals surface area contributed by atoms with Crippen LogP contribution in [0.2, 0.25) is 10.3 Å². The van der Waals surface area contributed by atoms with Crippen LogP contribution < -0.4 is 0 Å². The van der Waals surface area contributed by atoms with Gasteiger partial charge in [-0.25, -0.2) is 19.0 Å². The number of Topliss-reactive ketones (excluding diaryl/α,β-unsaturated/α-hetero) is 1. The van der Waals surface area contributed by atoms with Crippen molar-refractivity contribution in [3.8, 4) is 0 Å². The molecule has 0 radical (unpaired) electrons. The molecule has 0 bridgehead atoms. The first-order valence-electron chi connectivity index (χ1n) is 6.63. The summed E-state index contributed by atoms with van der Waals surface area (Å²) in [4.78, 5) is 19.1. The van der Waals surface area contributed by atoms with E-state index >= 15 is 0 Å². The molecule has 4 aromatic heterocycles. The molecule has 0 aliphatic rings. The Morgan fingerprint density at radius 1 is 0.958 bits per heavy atom. The number of hydrogen-bond donors (Lipinski definition) is 0. The molecule has 0 saturated carbocycles. The number of carbonyl (C=O) groups excluding carboxylic acids is 1. The number of aromatic nitrogens is 6. The minimum Gasteiger partial charge on any atom is -0.293 e. The van der Waals surface area contributed by atoms with Gasteiger partial charge in [-0.2, -0.15) is 10.2 Å². The smallest absolute Gasteiger partial charge is 0.179 e. The molecule has 0 saturated heterocycles. The molecule has 0 spiro atoms. The van der Waals surface area contributed by atoms with Crippen LogP contribution in [-0.4, -0.2) is 35.0 Å². The second-order valence-corrected chi connectivity index (χ2v) is 6.22. The number of halogens is 3. The van der Waals surface area contributed by atoms with Gasteiger partial charge in [0.25, 0.3) is 0 Å². The van der Waals surface area contributed by atoms with Crippen molar-refractivity contribution in [1.29, 1.82) is 0 Å². The molecule has 0 aliphatic heterocycles. The minimum atomic E-state index is -0.0812. The van der Waals surface area contributed by atoms with E-state index in [-0.39, 0.29) is 5.78 Å². The fraction of sp³-hybridized carbons (Fsp3) is 0.0714. The average Bonchev–Trinajstić information content (AvgIpc) is 3.12. The van der Waals surface area contributed by atoms with Crippen molar-refractivity contribution in [2.45, 2.75) is 6.92 Å². The maximum atomic E-state index is 11.1. The van der Waals surface area contributed by atoms with Crippen LogP contribution in [0.15, 0.2) is 41.3 Å². The van der Waals surface area contributed by atoms with E-state index in [9.17, 15) is 4.79 Å². The lowest BCUT2D eigenvalue weighted by molar-refractivity contribution is 0.101. The lowest BCUT2D eigenvalue weighted by Crippen LogP contribution is -2.01. The van der Waals surface area contributed by atoms with Crippen LogP contribution in [0.4, 0.5) is 0 Å². The summed E-state index contributed by atoms with van der Waals surface area (Å²) in [6, 6.07) is 6.85. The van der Waals surface area contributed by atoms with Crippen LogP contribution in [-0.2, 0) is 0 Å².